The van der Waals surface area contributed by atoms with Gasteiger partial charge in [0, 0.05) is 24.8 Å². The van der Waals surface area contributed by atoms with E-state index in [1.165, 1.54) is 4.90 Å². The van der Waals surface area contributed by atoms with Crippen molar-refractivity contribution in [1.82, 2.24) is 19.4 Å². The zero-order valence-corrected chi connectivity index (χ0v) is 16.2. The van der Waals surface area contributed by atoms with E-state index in [-0.39, 0.29) is 11.8 Å². The molecule has 0 saturated carbocycles. The van der Waals surface area contributed by atoms with Gasteiger partial charge >= 0.3 is 6.09 Å². The van der Waals surface area contributed by atoms with Crippen molar-refractivity contribution in [1.29, 1.82) is 0 Å². The van der Waals surface area contributed by atoms with Crippen LogP contribution in [0.1, 0.15) is 44.1 Å². The van der Waals surface area contributed by atoms with Crippen molar-refractivity contribution in [2.75, 3.05) is 19.8 Å². The summed E-state index contributed by atoms with van der Waals surface area (Å²) < 4.78 is 12.9. The molecule has 2 aromatic heterocycles. The van der Waals surface area contributed by atoms with Gasteiger partial charge in [-0.2, -0.15) is 4.98 Å². The normalized spacial score (nSPS) is 19.4. The fourth-order valence-electron chi connectivity index (χ4n) is 3.78. The van der Waals surface area contributed by atoms with Crippen LogP contribution in [-0.4, -0.2) is 56.8 Å². The Balaban J connectivity index is 1.86. The highest BCUT2D eigenvalue weighted by Gasteiger charge is 2.48. The summed E-state index contributed by atoms with van der Waals surface area (Å²) in [7, 11) is 0. The number of halogens is 1. The van der Waals surface area contributed by atoms with Crippen LogP contribution in [0.3, 0.4) is 0 Å². The summed E-state index contributed by atoms with van der Waals surface area (Å²) in [6, 6.07) is 1.71. The van der Waals surface area contributed by atoms with Gasteiger partial charge in [-0.05, 0) is 51.3 Å². The van der Waals surface area contributed by atoms with Crippen LogP contribution in [-0.2, 0) is 15.0 Å². The van der Waals surface area contributed by atoms with Crippen molar-refractivity contribution in [2.45, 2.75) is 44.8 Å². The highest BCUT2D eigenvalue weighted by atomic mass is 35.5. The molecule has 1 spiro atoms. The van der Waals surface area contributed by atoms with E-state index in [1.807, 2.05) is 4.57 Å². The van der Waals surface area contributed by atoms with E-state index in [4.69, 9.17) is 21.1 Å². The third-order valence-electron chi connectivity index (χ3n) is 4.94. The molecule has 0 radical (unpaired) electrons. The molecule has 2 aromatic rings. The van der Waals surface area contributed by atoms with Gasteiger partial charge in [-0.1, -0.05) is 0 Å². The molecule has 2 amide bonds. The summed E-state index contributed by atoms with van der Waals surface area (Å²) in [5, 5.41) is 0.826. The first-order chi connectivity index (χ1) is 12.7. The maximum absolute atomic E-state index is 13.1. The monoisotopic (exact) mass is 392 g/mol. The zero-order valence-electron chi connectivity index (χ0n) is 15.5. The fraction of sp³-hybridized carbons (Fsp3) is 0.556. The molecule has 1 fully saturated rings. The number of ether oxygens (including phenoxy) is 2. The van der Waals surface area contributed by atoms with E-state index in [0.29, 0.717) is 42.8 Å². The lowest BCUT2D eigenvalue weighted by Crippen LogP contribution is -2.58. The molecule has 27 heavy (non-hydrogen) atoms. The number of rotatable bonds is 0. The summed E-state index contributed by atoms with van der Waals surface area (Å²) in [6.07, 6.45) is 2.25. The van der Waals surface area contributed by atoms with Crippen molar-refractivity contribution < 1.29 is 19.1 Å². The second-order valence-corrected chi connectivity index (χ2v) is 8.33. The van der Waals surface area contributed by atoms with Crippen LogP contribution in [0.4, 0.5) is 4.79 Å². The van der Waals surface area contributed by atoms with E-state index in [1.54, 1.807) is 33.0 Å². The number of imide groups is 1. The second-order valence-electron chi connectivity index (χ2n) is 7.99. The summed E-state index contributed by atoms with van der Waals surface area (Å²) in [5.74, 6) is -0.407. The number of hydrogen-bond acceptors (Lipinski definition) is 6. The highest BCUT2D eigenvalue weighted by molar-refractivity contribution is 6.28. The first-order valence-electron chi connectivity index (χ1n) is 8.87. The quantitative estimate of drug-likeness (QED) is 0.640. The molecule has 144 valence electrons. The largest absolute Gasteiger partial charge is 0.443 e. The Hall–Kier alpha value is -2.19. The van der Waals surface area contributed by atoms with Crippen molar-refractivity contribution in [3.63, 3.8) is 0 Å². The molecule has 0 aliphatic carbocycles. The Bertz CT molecular complexity index is 927. The number of nitrogens with zero attached hydrogens (tertiary/aromatic N) is 4. The Morgan fingerprint density at radius 1 is 1.33 bits per heavy atom. The summed E-state index contributed by atoms with van der Waals surface area (Å²) in [5.41, 5.74) is -0.203. The molecule has 2 aliphatic heterocycles. The molecular formula is C18H21ClN4O4. The molecule has 4 heterocycles. The third-order valence-corrected chi connectivity index (χ3v) is 5.12. The average molecular weight is 393 g/mol. The third kappa shape index (κ3) is 3.06. The van der Waals surface area contributed by atoms with Crippen molar-refractivity contribution in [3.8, 4) is 0 Å². The number of carbonyl (C=O) groups excluding carboxylic acids is 2. The van der Waals surface area contributed by atoms with Gasteiger partial charge in [0.15, 0.2) is 0 Å². The van der Waals surface area contributed by atoms with E-state index < -0.39 is 23.1 Å². The predicted molar refractivity (Wildman–Crippen MR) is 97.8 cm³/mol. The van der Waals surface area contributed by atoms with Gasteiger partial charge in [-0.3, -0.25) is 4.79 Å². The Kier molecular flexibility index (Phi) is 4.16. The van der Waals surface area contributed by atoms with Crippen LogP contribution in [0.2, 0.25) is 5.28 Å². The number of aromatic nitrogens is 3. The van der Waals surface area contributed by atoms with Gasteiger partial charge in [-0.25, -0.2) is 14.7 Å². The van der Waals surface area contributed by atoms with Gasteiger partial charge < -0.3 is 14.0 Å². The number of carbonyl (C=O) groups is 2. The Morgan fingerprint density at radius 3 is 2.70 bits per heavy atom. The van der Waals surface area contributed by atoms with Crippen molar-refractivity contribution >= 4 is 34.6 Å². The van der Waals surface area contributed by atoms with Crippen LogP contribution in [0.15, 0.2) is 12.3 Å². The van der Waals surface area contributed by atoms with Gasteiger partial charge in [0.25, 0.3) is 5.91 Å². The van der Waals surface area contributed by atoms with Gasteiger partial charge in [0.05, 0.1) is 12.1 Å². The topological polar surface area (TPSA) is 86.5 Å². The SMILES string of the molecule is CC(C)(C)OC(=O)N1CC2(CCOCC2)n2c(cc3cnc(Cl)nc32)C1=O. The lowest BCUT2D eigenvalue weighted by Gasteiger charge is -2.45. The Labute approximate surface area is 161 Å². The molecule has 8 nitrogen and oxygen atoms in total. The Morgan fingerprint density at radius 2 is 2.04 bits per heavy atom. The van der Waals surface area contributed by atoms with Crippen LogP contribution >= 0.6 is 11.6 Å². The van der Waals surface area contributed by atoms with Gasteiger partial charge in [0.2, 0.25) is 5.28 Å². The second kappa shape index (κ2) is 6.17. The number of fused-ring (bicyclic) bond motifs is 4. The maximum atomic E-state index is 13.1. The maximum Gasteiger partial charge on any atom is 0.417 e. The van der Waals surface area contributed by atoms with Crippen LogP contribution in [0.25, 0.3) is 11.0 Å². The molecule has 4 rings (SSSR count). The number of hydrogen-bond donors (Lipinski definition) is 0. The molecule has 0 N–H and O–H groups in total. The molecule has 1 saturated heterocycles. The lowest BCUT2D eigenvalue weighted by atomic mass is 9.87. The van der Waals surface area contributed by atoms with E-state index in [0.717, 1.165) is 0 Å². The fourth-order valence-corrected chi connectivity index (χ4v) is 3.91. The van der Waals surface area contributed by atoms with E-state index in [9.17, 15) is 9.59 Å². The minimum atomic E-state index is -0.691. The van der Waals surface area contributed by atoms with Gasteiger partial charge in [0.1, 0.15) is 16.9 Å². The van der Waals surface area contributed by atoms with Crippen LogP contribution in [0.5, 0.6) is 0 Å². The van der Waals surface area contributed by atoms with Crippen molar-refractivity contribution in [2.24, 2.45) is 0 Å². The standard InChI is InChI=1S/C18H21ClN4O4/c1-17(2,3)27-16(25)22-10-18(4-6-26-7-5-18)23-12(14(22)24)8-11-9-20-15(19)21-13(11)23/h8-9H,4-7,10H2,1-3H3. The average Bonchev–Trinajstić information content (AvgIpc) is 2.97. The minimum absolute atomic E-state index is 0.118. The highest BCUT2D eigenvalue weighted by Crippen LogP contribution is 2.39. The molecule has 0 aromatic carbocycles. The molecule has 9 heteroatoms. The zero-order chi connectivity index (χ0) is 19.4. The molecule has 0 atom stereocenters. The van der Waals surface area contributed by atoms with E-state index >= 15 is 0 Å². The summed E-state index contributed by atoms with van der Waals surface area (Å²) in [6.45, 7) is 6.61. The van der Waals surface area contributed by atoms with Crippen LogP contribution < -0.4 is 0 Å². The summed E-state index contributed by atoms with van der Waals surface area (Å²) >= 11 is 6.00. The first kappa shape index (κ1) is 18.2. The minimum Gasteiger partial charge on any atom is -0.443 e. The molecule has 0 bridgehead atoms. The molecular weight excluding hydrogens is 372 g/mol. The first-order valence-corrected chi connectivity index (χ1v) is 9.25. The number of amides is 2. The molecule has 0 unspecified atom stereocenters. The van der Waals surface area contributed by atoms with Crippen LogP contribution in [0, 0.1) is 0 Å². The van der Waals surface area contributed by atoms with Crippen molar-refractivity contribution in [3.05, 3.63) is 23.2 Å². The van der Waals surface area contributed by atoms with Gasteiger partial charge in [-0.15, -0.1) is 0 Å². The smallest absolute Gasteiger partial charge is 0.417 e. The molecule has 2 aliphatic rings. The predicted octanol–water partition coefficient (Wildman–Crippen LogP) is 2.98. The lowest BCUT2D eigenvalue weighted by molar-refractivity contribution is -0.0175. The van der Waals surface area contributed by atoms with E-state index in [2.05, 4.69) is 9.97 Å². The summed E-state index contributed by atoms with van der Waals surface area (Å²) in [4.78, 5) is 35.4.